The van der Waals surface area contributed by atoms with E-state index >= 15 is 0 Å². The van der Waals surface area contributed by atoms with Gasteiger partial charge in [-0.05, 0) is 0 Å². The fourth-order valence-electron chi connectivity index (χ4n) is 0. The van der Waals surface area contributed by atoms with Gasteiger partial charge < -0.3 is 20.1 Å². The molecule has 0 aromatic rings. The van der Waals surface area contributed by atoms with Crippen LogP contribution in [0, 0.1) is 0 Å². The normalized spacial score (nSPS) is 7.25. The Labute approximate surface area is 58.0 Å². The molecule has 0 aromatic heterocycles. The molecule has 6 nitrogen and oxygen atoms in total. The standard InChI is InChI=1S/H2O4S.2H2O.V/c1-5(2,3)4;;;/h(H2,1,2,3,4);2*1H2;/p-3. The van der Waals surface area contributed by atoms with Gasteiger partial charge in [-0.2, -0.15) is 0 Å². The zero-order valence-electron chi connectivity index (χ0n) is 3.44. The molecule has 8 heteroatoms. The molecule has 8 heavy (non-hydrogen) atoms. The second-order valence-electron chi connectivity index (χ2n) is 0.408. The first kappa shape index (κ1) is 23.8. The van der Waals surface area contributed by atoms with Crippen LogP contribution < -0.4 is 0 Å². The first-order chi connectivity index (χ1) is 2.00. The molecule has 0 aliphatic heterocycles. The third-order valence-corrected chi connectivity index (χ3v) is 0. The summed E-state index contributed by atoms with van der Waals surface area (Å²) in [5.41, 5.74) is 0. The summed E-state index contributed by atoms with van der Waals surface area (Å²) in [6.45, 7) is 0. The van der Waals surface area contributed by atoms with Crippen molar-refractivity contribution >= 4 is 10.4 Å². The first-order valence-corrected chi connectivity index (χ1v) is 2.00. The van der Waals surface area contributed by atoms with Crippen LogP contribution in [0.3, 0.4) is 0 Å². The molecule has 0 rings (SSSR count). The van der Waals surface area contributed by atoms with Gasteiger partial charge in [0.15, 0.2) is 0 Å². The predicted octanol–water partition coefficient (Wildman–Crippen LogP) is -2.34. The molecule has 0 aliphatic carbocycles. The van der Waals surface area contributed by atoms with E-state index in [1.54, 1.807) is 0 Å². The molecule has 0 aliphatic rings. The van der Waals surface area contributed by atoms with Crippen molar-refractivity contribution in [3.8, 4) is 0 Å². The van der Waals surface area contributed by atoms with E-state index in [1.165, 1.54) is 0 Å². The summed E-state index contributed by atoms with van der Waals surface area (Å²) >= 11 is 0. The minimum atomic E-state index is -5.17. The quantitative estimate of drug-likeness (QED) is 0.304. The molecular weight excluding hydrogens is 179 g/mol. The van der Waals surface area contributed by atoms with Crippen molar-refractivity contribution in [2.24, 2.45) is 0 Å². The van der Waals surface area contributed by atoms with Crippen molar-refractivity contribution in [2.45, 2.75) is 0 Å². The van der Waals surface area contributed by atoms with Crippen molar-refractivity contribution < 1.29 is 47.0 Å². The van der Waals surface area contributed by atoms with Gasteiger partial charge in [0.25, 0.3) is 0 Å². The van der Waals surface area contributed by atoms with Crippen molar-refractivity contribution in [1.29, 1.82) is 0 Å². The molecule has 0 fully saturated rings. The SMILES string of the molecule is O.O=S(=O)([O-])[O-].[OH-].[V]. The van der Waals surface area contributed by atoms with Crippen molar-refractivity contribution in [1.82, 2.24) is 0 Å². The maximum absolute atomic E-state index is 8.52. The Hall–Kier alpha value is 0.374. The molecular formula is H3O6SV-3. The minimum Gasteiger partial charge on any atom is -0.870 e. The number of hydrogen-bond donors (Lipinski definition) is 0. The van der Waals surface area contributed by atoms with Crippen LogP contribution in [0.5, 0.6) is 0 Å². The summed E-state index contributed by atoms with van der Waals surface area (Å²) in [6.07, 6.45) is 0. The van der Waals surface area contributed by atoms with Crippen molar-refractivity contribution in [2.75, 3.05) is 0 Å². The molecule has 0 bridgehead atoms. The summed E-state index contributed by atoms with van der Waals surface area (Å²) in [5, 5.41) is 0. The fraction of sp³-hybridized carbons (Fsp3) is 0. The molecule has 3 N–H and O–H groups in total. The largest absolute Gasteiger partial charge is 0.870 e. The van der Waals surface area contributed by atoms with E-state index in [-0.39, 0.29) is 29.5 Å². The number of hydrogen-bond acceptors (Lipinski definition) is 5. The summed E-state index contributed by atoms with van der Waals surface area (Å²) < 4.78 is 34.1. The van der Waals surface area contributed by atoms with Gasteiger partial charge in [0.1, 0.15) is 0 Å². The first-order valence-electron chi connectivity index (χ1n) is 0.667. The van der Waals surface area contributed by atoms with Crippen LogP contribution in [0.15, 0.2) is 0 Å². The fourth-order valence-corrected chi connectivity index (χ4v) is 0. The van der Waals surface area contributed by atoms with Crippen LogP contribution >= 0.6 is 0 Å². The monoisotopic (exact) mass is 182 g/mol. The Morgan fingerprint density at radius 2 is 1.12 bits per heavy atom. The molecule has 0 amide bonds. The molecule has 0 atom stereocenters. The van der Waals surface area contributed by atoms with Crippen molar-refractivity contribution in [3.05, 3.63) is 0 Å². The molecule has 0 unspecified atom stereocenters. The minimum absolute atomic E-state index is 0. The van der Waals surface area contributed by atoms with E-state index in [1.807, 2.05) is 0 Å². The third kappa shape index (κ3) is 1310. The molecule has 0 saturated carbocycles. The van der Waals surface area contributed by atoms with E-state index in [9.17, 15) is 0 Å². The maximum atomic E-state index is 8.52. The Morgan fingerprint density at radius 3 is 1.12 bits per heavy atom. The molecule has 53 valence electrons. The van der Waals surface area contributed by atoms with Crippen LogP contribution in [0.4, 0.5) is 0 Å². The molecule has 0 aromatic carbocycles. The van der Waals surface area contributed by atoms with Gasteiger partial charge in [-0.25, -0.2) is 0 Å². The van der Waals surface area contributed by atoms with Gasteiger partial charge in [-0.1, -0.05) is 0 Å². The van der Waals surface area contributed by atoms with E-state index in [4.69, 9.17) is 17.5 Å². The van der Waals surface area contributed by atoms with Gasteiger partial charge >= 0.3 is 0 Å². The van der Waals surface area contributed by atoms with Gasteiger partial charge in [0, 0.05) is 29.0 Å². The number of rotatable bonds is 0. The third-order valence-electron chi connectivity index (χ3n) is 0. The second-order valence-corrected chi connectivity index (χ2v) is 1.22. The van der Waals surface area contributed by atoms with Gasteiger partial charge in [-0.3, -0.25) is 8.42 Å². The van der Waals surface area contributed by atoms with Gasteiger partial charge in [-0.15, -0.1) is 0 Å². The summed E-state index contributed by atoms with van der Waals surface area (Å²) in [5.74, 6) is 0. The van der Waals surface area contributed by atoms with Crippen LogP contribution in [0.25, 0.3) is 0 Å². The van der Waals surface area contributed by atoms with E-state index < -0.39 is 10.4 Å². The summed E-state index contributed by atoms with van der Waals surface area (Å²) in [7, 11) is -5.17. The van der Waals surface area contributed by atoms with Crippen LogP contribution in [0.2, 0.25) is 0 Å². The van der Waals surface area contributed by atoms with Gasteiger partial charge in [0.2, 0.25) is 0 Å². The van der Waals surface area contributed by atoms with Crippen molar-refractivity contribution in [3.63, 3.8) is 0 Å². The van der Waals surface area contributed by atoms with Crippen LogP contribution in [-0.2, 0) is 29.0 Å². The van der Waals surface area contributed by atoms with E-state index in [2.05, 4.69) is 0 Å². The second kappa shape index (κ2) is 7.37. The Balaban J connectivity index is -0.0000000267. The van der Waals surface area contributed by atoms with E-state index in [0.717, 1.165) is 0 Å². The predicted molar refractivity (Wildman–Crippen MR) is 16.0 cm³/mol. The van der Waals surface area contributed by atoms with E-state index in [0.29, 0.717) is 0 Å². The molecule has 0 spiro atoms. The Kier molecular flexibility index (Phi) is 21.9. The summed E-state index contributed by atoms with van der Waals surface area (Å²) in [6, 6.07) is 0. The zero-order valence-corrected chi connectivity index (χ0v) is 5.65. The molecule has 0 heterocycles. The van der Waals surface area contributed by atoms with Gasteiger partial charge in [0.05, 0.1) is 0 Å². The smallest absolute Gasteiger partial charge is 0.0311 e. The molecule has 1 radical (unpaired) electrons. The van der Waals surface area contributed by atoms with Crippen LogP contribution in [0.1, 0.15) is 0 Å². The van der Waals surface area contributed by atoms with Crippen LogP contribution in [-0.4, -0.2) is 28.5 Å². The average molecular weight is 182 g/mol. The Morgan fingerprint density at radius 1 is 1.12 bits per heavy atom. The molecule has 0 saturated heterocycles. The summed E-state index contributed by atoms with van der Waals surface area (Å²) in [4.78, 5) is 0. The Bertz CT molecular complexity index is 91.7. The maximum Gasteiger partial charge on any atom is 0.0311 e. The average Bonchev–Trinajstić information content (AvgIpc) is 0.722. The topological polar surface area (TPSA) is 142 Å². The zero-order chi connectivity index (χ0) is 4.50.